The summed E-state index contributed by atoms with van der Waals surface area (Å²) in [6.45, 7) is 8.53. The molecule has 3 rings (SSSR count). The van der Waals surface area contributed by atoms with Crippen LogP contribution in [-0.2, 0) is 20.8 Å². The van der Waals surface area contributed by atoms with Crippen molar-refractivity contribution in [3.8, 4) is 0 Å². The number of nitrogens with one attached hydrogen (secondary N) is 4. The van der Waals surface area contributed by atoms with E-state index in [0.717, 1.165) is 42.1 Å². The van der Waals surface area contributed by atoms with Crippen molar-refractivity contribution >= 4 is 50.6 Å². The van der Waals surface area contributed by atoms with Crippen LogP contribution in [0.2, 0.25) is 0 Å². The number of hydrogen-bond donors (Lipinski definition) is 5. The number of amides is 4. The highest BCUT2D eigenvalue weighted by Crippen LogP contribution is 2.28. The van der Waals surface area contributed by atoms with Gasteiger partial charge in [-0.1, -0.05) is 51.8 Å². The molecule has 1 aliphatic heterocycles. The van der Waals surface area contributed by atoms with Gasteiger partial charge in [-0.25, -0.2) is 9.59 Å². The minimum atomic E-state index is -1.12. The Morgan fingerprint density at radius 2 is 1.73 bits per heavy atom. The van der Waals surface area contributed by atoms with Gasteiger partial charge in [0.25, 0.3) is 0 Å². The van der Waals surface area contributed by atoms with Gasteiger partial charge in [0, 0.05) is 29.9 Å². The molecule has 41 heavy (non-hydrogen) atoms. The fourth-order valence-electron chi connectivity index (χ4n) is 5.33. The molecule has 10 nitrogen and oxygen atoms in total. The standard InChI is InChI=1S/C30H44BrN5O5/c1-5-6-13-23(29(39)40)33-28(38)25(17-21-20-12-7-8-14-22(20)32-26(21)31)34-27(37)24(16-18(2)3)35-30(41)36-15-10-9-11-19(36)4/h7-8,12,14,18-19,23-25,32H,5-6,9-11,13,15-17H2,1-4H3,(H,33,38)(H,34,37)(H,35,41)(H,39,40)/t19?,23?,24?,25-/m1/s1. The van der Waals surface area contributed by atoms with Crippen LogP contribution in [0.25, 0.3) is 10.9 Å². The van der Waals surface area contributed by atoms with Gasteiger partial charge in [0.05, 0.1) is 4.60 Å². The Balaban J connectivity index is 1.86. The van der Waals surface area contributed by atoms with Crippen LogP contribution in [0.15, 0.2) is 28.9 Å². The molecule has 0 aliphatic carbocycles. The molecule has 11 heteroatoms. The Morgan fingerprint density at radius 1 is 1.05 bits per heavy atom. The normalized spacial score (nSPS) is 17.6. The summed E-state index contributed by atoms with van der Waals surface area (Å²) < 4.78 is 0.678. The maximum absolute atomic E-state index is 13.7. The van der Waals surface area contributed by atoms with Crippen molar-refractivity contribution in [2.75, 3.05) is 6.54 Å². The first-order chi connectivity index (χ1) is 19.5. The molecule has 0 saturated carbocycles. The van der Waals surface area contributed by atoms with Gasteiger partial charge in [-0.2, -0.15) is 0 Å². The van der Waals surface area contributed by atoms with E-state index in [4.69, 9.17) is 0 Å². The van der Waals surface area contributed by atoms with E-state index in [1.54, 1.807) is 4.90 Å². The van der Waals surface area contributed by atoms with Gasteiger partial charge >= 0.3 is 12.0 Å². The van der Waals surface area contributed by atoms with Crippen LogP contribution >= 0.6 is 15.9 Å². The Morgan fingerprint density at radius 3 is 2.39 bits per heavy atom. The zero-order chi connectivity index (χ0) is 30.1. The number of hydrogen-bond acceptors (Lipinski definition) is 4. The summed E-state index contributed by atoms with van der Waals surface area (Å²) in [4.78, 5) is 57.4. The van der Waals surface area contributed by atoms with Crippen molar-refractivity contribution in [3.63, 3.8) is 0 Å². The number of carbonyl (C=O) groups excluding carboxylic acids is 3. The van der Waals surface area contributed by atoms with E-state index < -0.39 is 35.9 Å². The first-order valence-corrected chi connectivity index (χ1v) is 15.5. The number of likely N-dealkylation sites (tertiary alicyclic amines) is 1. The Kier molecular flexibility index (Phi) is 12.1. The number of para-hydroxylation sites is 1. The largest absolute Gasteiger partial charge is 0.480 e. The fourth-order valence-corrected chi connectivity index (χ4v) is 5.91. The second-order valence-corrected chi connectivity index (χ2v) is 12.2. The number of aromatic amines is 1. The number of aliphatic carboxylic acids is 1. The monoisotopic (exact) mass is 633 g/mol. The van der Waals surface area contributed by atoms with Crippen molar-refractivity contribution < 1.29 is 24.3 Å². The number of H-pyrrole nitrogens is 1. The molecule has 226 valence electrons. The number of benzene rings is 1. The van der Waals surface area contributed by atoms with Crippen LogP contribution < -0.4 is 16.0 Å². The van der Waals surface area contributed by atoms with Crippen LogP contribution in [0.5, 0.6) is 0 Å². The first-order valence-electron chi connectivity index (χ1n) is 14.7. The summed E-state index contributed by atoms with van der Waals surface area (Å²) in [7, 11) is 0. The number of unbranched alkanes of at least 4 members (excludes halogenated alkanes) is 1. The van der Waals surface area contributed by atoms with Gasteiger partial charge in [-0.05, 0) is 72.5 Å². The van der Waals surface area contributed by atoms with Crippen molar-refractivity contribution in [3.05, 3.63) is 34.4 Å². The Hall–Kier alpha value is -3.08. The third kappa shape index (κ3) is 8.95. The molecule has 1 aliphatic rings. The van der Waals surface area contributed by atoms with Gasteiger partial charge in [0.15, 0.2) is 0 Å². The van der Waals surface area contributed by atoms with E-state index in [0.29, 0.717) is 24.0 Å². The summed E-state index contributed by atoms with van der Waals surface area (Å²) in [6, 6.07) is 4.43. The number of piperidine rings is 1. The zero-order valence-electron chi connectivity index (χ0n) is 24.5. The topological polar surface area (TPSA) is 144 Å². The number of aromatic nitrogens is 1. The molecule has 0 radical (unpaired) electrons. The summed E-state index contributed by atoms with van der Waals surface area (Å²) in [6.07, 6.45) is 5.12. The van der Waals surface area contributed by atoms with Gasteiger partial charge < -0.3 is 30.9 Å². The second-order valence-electron chi connectivity index (χ2n) is 11.4. The summed E-state index contributed by atoms with van der Waals surface area (Å²) in [5, 5.41) is 19.0. The lowest BCUT2D eigenvalue weighted by atomic mass is 10.00. The molecule has 1 aromatic carbocycles. The van der Waals surface area contributed by atoms with Crippen molar-refractivity contribution in [2.45, 2.75) is 103 Å². The Labute approximate surface area is 250 Å². The predicted molar refractivity (Wildman–Crippen MR) is 163 cm³/mol. The maximum Gasteiger partial charge on any atom is 0.326 e. The average molecular weight is 635 g/mol. The second kappa shape index (κ2) is 15.2. The van der Waals surface area contributed by atoms with Crippen molar-refractivity contribution in [2.24, 2.45) is 5.92 Å². The van der Waals surface area contributed by atoms with Crippen LogP contribution in [0.3, 0.4) is 0 Å². The maximum atomic E-state index is 13.7. The fraction of sp³-hybridized carbons (Fsp3) is 0.600. The highest BCUT2D eigenvalue weighted by molar-refractivity contribution is 9.10. The SMILES string of the molecule is CCCCC(NC(=O)[C@@H](Cc1c(Br)[nH]c2ccccc12)NC(=O)C(CC(C)C)NC(=O)N1CCCCC1C)C(=O)O. The van der Waals surface area contributed by atoms with Gasteiger partial charge in [-0.3, -0.25) is 9.59 Å². The van der Waals surface area contributed by atoms with Crippen LogP contribution in [-0.4, -0.2) is 69.5 Å². The number of carboxylic acids is 1. The van der Waals surface area contributed by atoms with Crippen LogP contribution in [0.1, 0.15) is 78.2 Å². The highest BCUT2D eigenvalue weighted by atomic mass is 79.9. The zero-order valence-corrected chi connectivity index (χ0v) is 26.1. The number of halogens is 1. The van der Waals surface area contributed by atoms with Crippen LogP contribution in [0, 0.1) is 5.92 Å². The van der Waals surface area contributed by atoms with E-state index >= 15 is 0 Å². The molecule has 4 atom stereocenters. The third-order valence-corrected chi connectivity index (χ3v) is 8.33. The van der Waals surface area contributed by atoms with Crippen molar-refractivity contribution in [1.82, 2.24) is 25.8 Å². The molecule has 2 aromatic rings. The molecule has 5 N–H and O–H groups in total. The molecule has 4 amide bonds. The lowest BCUT2D eigenvalue weighted by Crippen LogP contribution is -2.58. The Bertz CT molecular complexity index is 1220. The van der Waals surface area contributed by atoms with E-state index in [1.807, 2.05) is 52.0 Å². The van der Waals surface area contributed by atoms with E-state index in [1.165, 1.54) is 0 Å². The molecule has 1 fully saturated rings. The van der Waals surface area contributed by atoms with Crippen molar-refractivity contribution in [1.29, 1.82) is 0 Å². The number of urea groups is 1. The molecular weight excluding hydrogens is 590 g/mol. The number of nitrogens with zero attached hydrogens (tertiary/aromatic N) is 1. The van der Waals surface area contributed by atoms with Crippen LogP contribution in [0.4, 0.5) is 4.79 Å². The molecule has 1 saturated heterocycles. The quantitative estimate of drug-likeness (QED) is 0.217. The van der Waals surface area contributed by atoms with E-state index in [9.17, 15) is 24.3 Å². The molecule has 1 aromatic heterocycles. The minimum Gasteiger partial charge on any atom is -0.480 e. The lowest BCUT2D eigenvalue weighted by Gasteiger charge is -2.35. The molecule has 3 unspecified atom stereocenters. The van der Waals surface area contributed by atoms with E-state index in [-0.39, 0.29) is 30.8 Å². The smallest absolute Gasteiger partial charge is 0.326 e. The summed E-state index contributed by atoms with van der Waals surface area (Å²) >= 11 is 3.55. The third-order valence-electron chi connectivity index (χ3n) is 7.65. The van der Waals surface area contributed by atoms with Gasteiger partial charge in [0.1, 0.15) is 18.1 Å². The molecule has 0 bridgehead atoms. The van der Waals surface area contributed by atoms with Gasteiger partial charge in [0.2, 0.25) is 11.8 Å². The van der Waals surface area contributed by atoms with E-state index in [2.05, 4.69) is 36.9 Å². The molecular formula is C30H44BrN5O5. The van der Waals surface area contributed by atoms with Gasteiger partial charge in [-0.15, -0.1) is 0 Å². The minimum absolute atomic E-state index is 0.0836. The summed E-state index contributed by atoms with van der Waals surface area (Å²) in [5.41, 5.74) is 1.65. The first kappa shape index (κ1) is 32.4. The molecule has 0 spiro atoms. The highest BCUT2D eigenvalue weighted by Gasteiger charge is 2.32. The predicted octanol–water partition coefficient (Wildman–Crippen LogP) is 4.72. The average Bonchev–Trinajstić information content (AvgIpc) is 3.24. The summed E-state index contributed by atoms with van der Waals surface area (Å²) in [5.74, 6) is -2.08. The number of carbonyl (C=O) groups is 4. The number of fused-ring (bicyclic) bond motifs is 1. The number of carboxylic acid groups (broad SMARTS) is 1. The number of rotatable bonds is 13. The lowest BCUT2D eigenvalue weighted by molar-refractivity contribution is -0.142. The molecule has 2 heterocycles.